The molecule has 1 unspecified atom stereocenters. The van der Waals surface area contributed by atoms with E-state index in [2.05, 4.69) is 5.18 Å². The smallest absolute Gasteiger partial charge is 0.255 e. The molecular weight excluding hydrogens is 429 g/mol. The van der Waals surface area contributed by atoms with Gasteiger partial charge in [-0.25, -0.2) is 4.39 Å². The molecule has 1 aliphatic carbocycles. The van der Waals surface area contributed by atoms with Crippen LogP contribution in [0.3, 0.4) is 0 Å². The van der Waals surface area contributed by atoms with E-state index in [9.17, 15) is 24.0 Å². The predicted octanol–water partition coefficient (Wildman–Crippen LogP) is 3.18. The van der Waals surface area contributed by atoms with Gasteiger partial charge < -0.3 is 19.6 Å². The molecule has 2 aliphatic rings. The monoisotopic (exact) mass is 455 g/mol. The molecule has 0 bridgehead atoms. The third-order valence-electron chi connectivity index (χ3n) is 6.22. The summed E-state index contributed by atoms with van der Waals surface area (Å²) in [7, 11) is 0. The Bertz CT molecular complexity index is 1070. The minimum atomic E-state index is -1.21. The minimum absolute atomic E-state index is 0.191. The van der Waals surface area contributed by atoms with E-state index in [-0.39, 0.29) is 23.6 Å². The van der Waals surface area contributed by atoms with Crippen molar-refractivity contribution in [2.75, 3.05) is 19.6 Å². The standard InChI is InChI=1S/C24H26FN3O5/c1-15-3-8-19(25)13-20(15)33-21(26-32)17-4-6-18(7-5-17)22(29)28-12-11-27(14-16(28)2)23(30)24(31)9-10-24/h3-8,13,16,21,31H,9-12,14H2,1-2H3/t16-,21?/m0/s1. The van der Waals surface area contributed by atoms with Crippen LogP contribution in [-0.2, 0) is 4.79 Å². The zero-order valence-corrected chi connectivity index (χ0v) is 18.5. The lowest BCUT2D eigenvalue weighted by atomic mass is 10.1. The van der Waals surface area contributed by atoms with Gasteiger partial charge in [0.25, 0.3) is 18.0 Å². The van der Waals surface area contributed by atoms with Gasteiger partial charge in [0.1, 0.15) is 17.2 Å². The molecule has 33 heavy (non-hydrogen) atoms. The number of halogens is 1. The highest BCUT2D eigenvalue weighted by Crippen LogP contribution is 2.37. The highest BCUT2D eigenvalue weighted by molar-refractivity contribution is 5.95. The molecule has 0 aromatic heterocycles. The molecule has 2 fully saturated rings. The van der Waals surface area contributed by atoms with Gasteiger partial charge in [0.05, 0.1) is 0 Å². The van der Waals surface area contributed by atoms with Crippen LogP contribution >= 0.6 is 0 Å². The van der Waals surface area contributed by atoms with Crippen LogP contribution < -0.4 is 4.74 Å². The van der Waals surface area contributed by atoms with Gasteiger partial charge in [-0.15, -0.1) is 4.91 Å². The summed E-state index contributed by atoms with van der Waals surface area (Å²) in [6.45, 7) is 4.70. The molecule has 2 amide bonds. The molecule has 1 saturated heterocycles. The lowest BCUT2D eigenvalue weighted by molar-refractivity contribution is -0.144. The number of aryl methyl sites for hydroxylation is 1. The number of piperazine rings is 1. The maximum Gasteiger partial charge on any atom is 0.255 e. The summed E-state index contributed by atoms with van der Waals surface area (Å²) in [5.41, 5.74) is 0.318. The highest BCUT2D eigenvalue weighted by Gasteiger charge is 2.51. The lowest BCUT2D eigenvalue weighted by Gasteiger charge is -2.40. The molecule has 2 aromatic carbocycles. The Morgan fingerprint density at radius 1 is 1.18 bits per heavy atom. The fourth-order valence-electron chi connectivity index (χ4n) is 4.00. The average Bonchev–Trinajstić information content (AvgIpc) is 3.57. The molecule has 1 heterocycles. The van der Waals surface area contributed by atoms with Crippen LogP contribution in [0.25, 0.3) is 0 Å². The highest BCUT2D eigenvalue weighted by atomic mass is 19.1. The van der Waals surface area contributed by atoms with Gasteiger partial charge in [0.15, 0.2) is 0 Å². The van der Waals surface area contributed by atoms with Gasteiger partial charge in [0.2, 0.25) is 0 Å². The van der Waals surface area contributed by atoms with Crippen molar-refractivity contribution in [1.29, 1.82) is 0 Å². The largest absolute Gasteiger partial charge is 0.461 e. The fraction of sp³-hybridized carbons (Fsp3) is 0.417. The first-order valence-electron chi connectivity index (χ1n) is 10.9. The Morgan fingerprint density at radius 2 is 1.88 bits per heavy atom. The molecule has 0 radical (unpaired) electrons. The number of amides is 2. The molecule has 9 heteroatoms. The number of hydrogen-bond donors (Lipinski definition) is 1. The Balaban J connectivity index is 1.42. The zero-order chi connectivity index (χ0) is 23.8. The first-order valence-corrected chi connectivity index (χ1v) is 10.9. The van der Waals surface area contributed by atoms with Crippen LogP contribution in [-0.4, -0.2) is 58.0 Å². The molecule has 1 N–H and O–H groups in total. The van der Waals surface area contributed by atoms with Crippen molar-refractivity contribution in [3.05, 3.63) is 69.9 Å². The van der Waals surface area contributed by atoms with Crippen molar-refractivity contribution in [3.63, 3.8) is 0 Å². The number of ether oxygens (including phenoxy) is 1. The summed E-state index contributed by atoms with van der Waals surface area (Å²) in [6, 6.07) is 10.2. The third kappa shape index (κ3) is 4.73. The first kappa shape index (κ1) is 22.8. The fourth-order valence-corrected chi connectivity index (χ4v) is 4.00. The summed E-state index contributed by atoms with van der Waals surface area (Å²) in [5.74, 6) is -0.712. The minimum Gasteiger partial charge on any atom is -0.461 e. The first-order chi connectivity index (χ1) is 15.7. The quantitative estimate of drug-likeness (QED) is 0.675. The molecule has 174 valence electrons. The van der Waals surface area contributed by atoms with Crippen LogP contribution in [0.4, 0.5) is 4.39 Å². The molecule has 1 aliphatic heterocycles. The molecule has 0 spiro atoms. The van der Waals surface area contributed by atoms with E-state index < -0.39 is 17.6 Å². The van der Waals surface area contributed by atoms with Crippen molar-refractivity contribution in [1.82, 2.24) is 9.80 Å². The normalized spacial score (nSPS) is 20.2. The number of rotatable bonds is 6. The van der Waals surface area contributed by atoms with Gasteiger partial charge in [0, 0.05) is 42.9 Å². The second kappa shape index (κ2) is 8.90. The van der Waals surface area contributed by atoms with Gasteiger partial charge in [-0.05, 0) is 55.6 Å². The van der Waals surface area contributed by atoms with Crippen molar-refractivity contribution >= 4 is 11.8 Å². The average molecular weight is 455 g/mol. The number of nitroso groups, excluding NO2 is 1. The zero-order valence-electron chi connectivity index (χ0n) is 18.5. The van der Waals surface area contributed by atoms with Crippen molar-refractivity contribution in [2.45, 2.75) is 44.6 Å². The van der Waals surface area contributed by atoms with Crippen LogP contribution in [0.1, 0.15) is 47.5 Å². The third-order valence-corrected chi connectivity index (χ3v) is 6.22. The molecule has 2 atom stereocenters. The van der Waals surface area contributed by atoms with Crippen LogP contribution in [0.5, 0.6) is 5.75 Å². The number of carbonyl (C=O) groups excluding carboxylic acids is 2. The number of benzene rings is 2. The van der Waals surface area contributed by atoms with Crippen LogP contribution in [0.2, 0.25) is 0 Å². The Morgan fingerprint density at radius 3 is 2.48 bits per heavy atom. The van der Waals surface area contributed by atoms with Crippen molar-refractivity contribution in [2.24, 2.45) is 5.18 Å². The second-order valence-electron chi connectivity index (χ2n) is 8.74. The van der Waals surface area contributed by atoms with Crippen LogP contribution in [0, 0.1) is 17.6 Å². The molecule has 4 rings (SSSR count). The molecular formula is C24H26FN3O5. The van der Waals surface area contributed by atoms with E-state index in [1.807, 2.05) is 6.92 Å². The lowest BCUT2D eigenvalue weighted by Crippen LogP contribution is -2.57. The Labute approximate surface area is 190 Å². The van der Waals surface area contributed by atoms with E-state index >= 15 is 0 Å². The number of hydrogen-bond acceptors (Lipinski definition) is 6. The second-order valence-corrected chi connectivity index (χ2v) is 8.74. The summed E-state index contributed by atoms with van der Waals surface area (Å²) in [4.78, 5) is 40.1. The SMILES string of the molecule is Cc1ccc(F)cc1OC(N=O)c1ccc(C(=O)N2CCN(C(=O)C3(O)CC3)C[C@@H]2C)cc1. The maximum absolute atomic E-state index is 13.5. The summed E-state index contributed by atoms with van der Waals surface area (Å²) in [6.07, 6.45) is -0.202. The molecule has 2 aromatic rings. The van der Waals surface area contributed by atoms with E-state index in [1.54, 1.807) is 47.1 Å². The topological polar surface area (TPSA) is 99.5 Å². The Hall–Kier alpha value is -3.33. The van der Waals surface area contributed by atoms with Gasteiger partial charge in [-0.3, -0.25) is 9.59 Å². The number of carbonyl (C=O) groups is 2. The van der Waals surface area contributed by atoms with Crippen molar-refractivity contribution < 1.29 is 23.8 Å². The molecule has 1 saturated carbocycles. The summed E-state index contributed by atoms with van der Waals surface area (Å²) >= 11 is 0. The van der Waals surface area contributed by atoms with Gasteiger partial charge >= 0.3 is 0 Å². The van der Waals surface area contributed by atoms with E-state index in [4.69, 9.17) is 4.74 Å². The predicted molar refractivity (Wildman–Crippen MR) is 118 cm³/mol. The summed E-state index contributed by atoms with van der Waals surface area (Å²) < 4.78 is 19.1. The van der Waals surface area contributed by atoms with E-state index in [0.29, 0.717) is 49.2 Å². The van der Waals surface area contributed by atoms with E-state index in [0.717, 1.165) is 0 Å². The number of aliphatic hydroxyl groups is 1. The number of nitrogens with zero attached hydrogens (tertiary/aromatic N) is 3. The van der Waals surface area contributed by atoms with Crippen LogP contribution in [0.15, 0.2) is 47.6 Å². The molecule has 8 nitrogen and oxygen atoms in total. The van der Waals surface area contributed by atoms with Gasteiger partial charge in [-0.2, -0.15) is 0 Å². The van der Waals surface area contributed by atoms with Crippen molar-refractivity contribution in [3.8, 4) is 5.75 Å². The Kier molecular flexibility index (Phi) is 6.16. The van der Waals surface area contributed by atoms with Gasteiger partial charge in [-0.1, -0.05) is 18.2 Å². The maximum atomic E-state index is 13.5. The van der Waals surface area contributed by atoms with E-state index in [1.165, 1.54) is 12.1 Å². The summed E-state index contributed by atoms with van der Waals surface area (Å²) in [5, 5.41) is 13.1.